The Morgan fingerprint density at radius 1 is 0.241 bits per heavy atom. The fraction of sp³-hybridized carbons (Fsp3) is 0.171. The Morgan fingerprint density at radius 2 is 0.577 bits per heavy atom. The molecule has 4 N–H and O–H groups in total. The van der Waals surface area contributed by atoms with Crippen LogP contribution >= 0.6 is 0 Å². The first kappa shape index (κ1) is 93.7. The molecule has 20 rings (SSSR count). The van der Waals surface area contributed by atoms with E-state index < -0.39 is 0 Å². The van der Waals surface area contributed by atoms with Crippen molar-refractivity contribution in [3.8, 4) is 55.6 Å². The lowest BCUT2D eigenvalue weighted by Crippen LogP contribution is -2.03. The highest BCUT2D eigenvalue weighted by molar-refractivity contribution is 5.90. The highest BCUT2D eigenvalue weighted by atomic mass is 19.1. The van der Waals surface area contributed by atoms with Crippen molar-refractivity contribution >= 4 is 83.4 Å². The van der Waals surface area contributed by atoms with Crippen LogP contribution in [0, 0.1) is 5.82 Å². The van der Waals surface area contributed by atoms with Gasteiger partial charge in [-0.2, -0.15) is 15.3 Å². The molecule has 0 aliphatic carbocycles. The molecule has 0 saturated heterocycles. The molecule has 0 atom stereocenters. The monoisotopic (exact) mass is 1800 g/mol. The van der Waals surface area contributed by atoms with Crippen LogP contribution in [-0.4, -0.2) is 99.4 Å². The standard InChI is InChI=1S/C25H22N2O.C24H22N2O.C23H20FN3O.C23H21N3O.C22H20N4O/c28-25(15-20-4-2-13-26-17-20)5-1-3-19-6-8-21(9-7-19)22-10-11-24-18-27-14-12-23(24)16-22;27-23(15-19-4-2-13-25-17-19)5-1-3-18-6-8-20(9-7-18)21-10-11-24-22(16-21)12-14-26-24;24-22-13-23-19(15-26-27-23)12-21(22)18-8-6-16(7-9-18)3-1-5-20(28)11-17-4-2-10-25-14-17;27-22(13-18-4-2-12-24-15-18)5-1-3-17-6-8-19(9-7-17)20-10-11-23-21(14-20)16-25-26-23;27-21(11-17-4-2-10-23-13-17)5-1-3-16-6-8-18(9-7-16)19-12-20-15-25-26-22(20)24-14-19/h2,4,6-14,16-18H,1,3,5,15H2;2,4,6-14,16-17,26H,1,3,5,15H2;2,4,6-10,12-15H,1,3,5,11H2,(H,26,27);2,4,6-12,14-16H,1,3,5,13H2,(H,25,26);2,4,6-10,12-15H,1,3,5,11H2,(H,24,25,26). The van der Waals surface area contributed by atoms with E-state index in [-0.39, 0.29) is 34.7 Å². The fourth-order valence-corrected chi connectivity index (χ4v) is 16.6. The largest absolute Gasteiger partial charge is 0.361 e. The molecule has 680 valence electrons. The van der Waals surface area contributed by atoms with Gasteiger partial charge in [0.15, 0.2) is 5.65 Å². The summed E-state index contributed by atoms with van der Waals surface area (Å²) in [6.07, 6.45) is 44.3. The molecule has 11 heterocycles. The molecule has 19 nitrogen and oxygen atoms in total. The van der Waals surface area contributed by atoms with Crippen LogP contribution in [0.4, 0.5) is 4.39 Å². The topological polar surface area (TPSA) is 277 Å². The van der Waals surface area contributed by atoms with Gasteiger partial charge in [0.25, 0.3) is 0 Å². The number of carbonyl (C=O) groups excluding carboxylic acids is 5. The summed E-state index contributed by atoms with van der Waals surface area (Å²) in [4.78, 5) is 92.5. The van der Waals surface area contributed by atoms with Gasteiger partial charge in [-0.1, -0.05) is 176 Å². The Bertz CT molecular complexity index is 6890. The number of aromatic nitrogens is 14. The second-order valence-corrected chi connectivity index (χ2v) is 34.3. The van der Waals surface area contributed by atoms with E-state index >= 15 is 0 Å². The summed E-state index contributed by atoms with van der Waals surface area (Å²) in [6, 6.07) is 90.0. The number of nitrogens with zero attached hydrogens (tertiary/aromatic N) is 10. The van der Waals surface area contributed by atoms with Crippen molar-refractivity contribution < 1.29 is 28.4 Å². The minimum absolute atomic E-state index is 0.222. The van der Waals surface area contributed by atoms with Crippen molar-refractivity contribution in [1.29, 1.82) is 0 Å². The SMILES string of the molecule is O=C(CCCc1ccc(-c2cc3cn[nH]c3cc2F)cc1)Cc1cccnc1.O=C(CCCc1ccc(-c2ccc3[nH]ccc3c2)cc1)Cc1cccnc1.O=C(CCCc1ccc(-c2ccc3[nH]ncc3c2)cc1)Cc1cccnc1.O=C(CCCc1ccc(-c2ccc3cnccc3c2)cc1)Cc1cccnc1.O=C(CCCc1ccc(-c2cnc3[nH]ncc3c2)cc1)Cc1cccnc1. The normalized spacial score (nSPS) is 11.0. The van der Waals surface area contributed by atoms with Gasteiger partial charge >= 0.3 is 0 Å². The van der Waals surface area contributed by atoms with E-state index in [9.17, 15) is 28.4 Å². The third-order valence-electron chi connectivity index (χ3n) is 24.1. The average Bonchev–Trinajstić information content (AvgIpc) is 1.69. The van der Waals surface area contributed by atoms with Crippen LogP contribution in [-0.2, 0) is 88.2 Å². The smallest absolute Gasteiger partial charge is 0.155 e. The van der Waals surface area contributed by atoms with Crippen LogP contribution in [0.5, 0.6) is 0 Å². The summed E-state index contributed by atoms with van der Waals surface area (Å²) in [5.41, 5.74) is 25.6. The van der Waals surface area contributed by atoms with E-state index in [0.29, 0.717) is 75.3 Å². The number of benzene rings is 9. The lowest BCUT2D eigenvalue weighted by Gasteiger charge is -2.06. The molecular formula is C117H105FN14O5. The van der Waals surface area contributed by atoms with E-state index in [4.69, 9.17) is 0 Å². The number of H-pyrrole nitrogens is 4. The summed E-state index contributed by atoms with van der Waals surface area (Å²) < 4.78 is 14.4. The molecule has 0 radical (unpaired) electrons. The van der Waals surface area contributed by atoms with Gasteiger partial charge < -0.3 is 4.98 Å². The van der Waals surface area contributed by atoms with Crippen LogP contribution in [0.1, 0.15) is 120 Å². The van der Waals surface area contributed by atoms with E-state index in [0.717, 1.165) is 153 Å². The van der Waals surface area contributed by atoms with Crippen molar-refractivity contribution in [2.75, 3.05) is 0 Å². The fourth-order valence-electron chi connectivity index (χ4n) is 16.6. The van der Waals surface area contributed by atoms with Crippen molar-refractivity contribution in [2.45, 2.75) is 128 Å². The number of hydrogen-bond acceptors (Lipinski definition) is 15. The van der Waals surface area contributed by atoms with Gasteiger partial charge in [0.1, 0.15) is 34.7 Å². The molecule has 0 amide bonds. The third kappa shape index (κ3) is 28.1. The Hall–Kier alpha value is -16.5. The number of fused-ring (bicyclic) bond motifs is 5. The number of ketones is 5. The van der Waals surface area contributed by atoms with Crippen molar-refractivity contribution in [1.82, 2.24) is 70.5 Å². The molecule has 0 saturated carbocycles. The Labute approximate surface area is 795 Å². The number of halogens is 1. The van der Waals surface area contributed by atoms with Gasteiger partial charge in [0.2, 0.25) is 0 Å². The lowest BCUT2D eigenvalue weighted by molar-refractivity contribution is -0.119. The molecule has 0 fully saturated rings. The van der Waals surface area contributed by atoms with Crippen LogP contribution in [0.3, 0.4) is 0 Å². The van der Waals surface area contributed by atoms with Crippen LogP contribution in [0.25, 0.3) is 110 Å². The number of aromatic amines is 4. The molecule has 0 spiro atoms. The second-order valence-electron chi connectivity index (χ2n) is 34.3. The number of rotatable bonds is 35. The first-order valence-corrected chi connectivity index (χ1v) is 46.6. The van der Waals surface area contributed by atoms with Gasteiger partial charge in [0, 0.05) is 195 Å². The molecule has 0 aliphatic rings. The molecule has 0 aliphatic heterocycles. The Kier molecular flexibility index (Phi) is 33.0. The summed E-state index contributed by atoms with van der Waals surface area (Å²) >= 11 is 0. The second kappa shape index (κ2) is 48.3. The molecule has 11 aromatic heterocycles. The van der Waals surface area contributed by atoms with E-state index in [1.165, 1.54) is 72.5 Å². The van der Waals surface area contributed by atoms with Gasteiger partial charge in [-0.15, -0.1) is 0 Å². The number of hydrogen-bond donors (Lipinski definition) is 4. The summed E-state index contributed by atoms with van der Waals surface area (Å²) in [5, 5.41) is 27.2. The summed E-state index contributed by atoms with van der Waals surface area (Å²) in [5.74, 6) is 1.03. The molecule has 20 heteroatoms. The lowest BCUT2D eigenvalue weighted by atomic mass is 9.99. The molecule has 20 aromatic rings. The van der Waals surface area contributed by atoms with Crippen molar-refractivity contribution in [3.63, 3.8) is 0 Å². The summed E-state index contributed by atoms with van der Waals surface area (Å²) in [6.45, 7) is 0. The first-order valence-electron chi connectivity index (χ1n) is 46.6. The first-order chi connectivity index (χ1) is 67.3. The highest BCUT2D eigenvalue weighted by Crippen LogP contribution is 2.32. The van der Waals surface area contributed by atoms with E-state index in [1.807, 2.05) is 122 Å². The number of nitrogens with one attached hydrogen (secondary N) is 4. The van der Waals surface area contributed by atoms with Crippen LogP contribution < -0.4 is 0 Å². The molecule has 0 bridgehead atoms. The third-order valence-corrected chi connectivity index (χ3v) is 24.1. The Morgan fingerprint density at radius 3 is 0.993 bits per heavy atom. The quantitative estimate of drug-likeness (QED) is 0.0287. The number of pyridine rings is 7. The zero-order valence-corrected chi connectivity index (χ0v) is 76.3. The number of Topliss-reactive ketones (excluding diaryl/α,β-unsaturated/α-hetero) is 5. The van der Waals surface area contributed by atoms with Crippen molar-refractivity contribution in [3.05, 3.63) is 434 Å². The highest BCUT2D eigenvalue weighted by Gasteiger charge is 2.15. The van der Waals surface area contributed by atoms with Gasteiger partial charge in [-0.05, 0) is 260 Å². The zero-order valence-electron chi connectivity index (χ0n) is 76.3. The van der Waals surface area contributed by atoms with Crippen LogP contribution in [0.2, 0.25) is 0 Å². The maximum absolute atomic E-state index is 14.4. The maximum Gasteiger partial charge on any atom is 0.155 e. The zero-order chi connectivity index (χ0) is 94.0. The van der Waals surface area contributed by atoms with Gasteiger partial charge in [-0.25, -0.2) is 9.37 Å². The minimum atomic E-state index is -0.273. The Balaban J connectivity index is 0.000000124. The predicted molar refractivity (Wildman–Crippen MR) is 543 cm³/mol. The van der Waals surface area contributed by atoms with Gasteiger partial charge in [0.05, 0.1) is 29.6 Å². The number of aryl methyl sites for hydroxylation is 5. The molecule has 137 heavy (non-hydrogen) atoms. The van der Waals surface area contributed by atoms with Crippen molar-refractivity contribution in [2.24, 2.45) is 0 Å². The van der Waals surface area contributed by atoms with E-state index in [1.54, 1.807) is 80.4 Å². The molecule has 0 unspecified atom stereocenters. The number of carbonyl (C=O) groups is 5. The molecular weight excluding hydrogens is 1700 g/mol. The van der Waals surface area contributed by atoms with Gasteiger partial charge in [-0.3, -0.25) is 69.2 Å². The summed E-state index contributed by atoms with van der Waals surface area (Å²) in [7, 11) is 0. The molecule has 9 aromatic carbocycles. The minimum Gasteiger partial charge on any atom is -0.361 e. The maximum atomic E-state index is 14.4. The average molecular weight is 1810 g/mol. The van der Waals surface area contributed by atoms with E-state index in [2.05, 4.69) is 234 Å². The predicted octanol–water partition coefficient (Wildman–Crippen LogP) is 24.6. The van der Waals surface area contributed by atoms with Crippen LogP contribution in [0.15, 0.2) is 372 Å².